The second-order valence-electron chi connectivity index (χ2n) is 8.69. The number of carbonyl (C=O) groups excluding carboxylic acids is 1. The number of aryl methyl sites for hydroxylation is 1. The predicted octanol–water partition coefficient (Wildman–Crippen LogP) is 9.23. The van der Waals surface area contributed by atoms with Gasteiger partial charge in [0.1, 0.15) is 17.4 Å². The van der Waals surface area contributed by atoms with Crippen molar-refractivity contribution in [3.05, 3.63) is 107 Å². The Hall–Kier alpha value is -2.20. The molecule has 1 aromatic heterocycles. The summed E-state index contributed by atoms with van der Waals surface area (Å²) in [5.41, 5.74) is 4.47. The first-order chi connectivity index (χ1) is 18.0. The number of ether oxygens (including phenoxy) is 1. The van der Waals surface area contributed by atoms with Gasteiger partial charge in [-0.15, -0.1) is 11.3 Å². The molecule has 0 spiro atoms. The molecule has 8 heteroatoms. The highest BCUT2D eigenvalue weighted by atomic mass is 127. The van der Waals surface area contributed by atoms with Crippen LogP contribution < -0.4 is 10.1 Å². The van der Waals surface area contributed by atoms with E-state index in [0.717, 1.165) is 66.9 Å². The average Bonchev–Trinajstić information content (AvgIpc) is 3.27. The highest BCUT2D eigenvalue weighted by Gasteiger charge is 2.25. The summed E-state index contributed by atoms with van der Waals surface area (Å²) in [7, 11) is 0. The maximum absolute atomic E-state index is 13.4. The first-order valence-corrected chi connectivity index (χ1v) is 15.0. The number of hydrogen-bond donors (Lipinski definition) is 1. The van der Waals surface area contributed by atoms with Crippen LogP contribution in [-0.2, 0) is 19.4 Å². The van der Waals surface area contributed by atoms with E-state index in [0.29, 0.717) is 17.2 Å². The minimum Gasteiger partial charge on any atom is -0.487 e. The summed E-state index contributed by atoms with van der Waals surface area (Å²) in [5.74, 6) is 0.639. The number of halogens is 3. The minimum atomic E-state index is -0.110. The number of para-hydroxylation sites is 1. The Morgan fingerprint density at radius 3 is 2.65 bits per heavy atom. The van der Waals surface area contributed by atoms with Gasteiger partial charge >= 0.3 is 0 Å². The summed E-state index contributed by atoms with van der Waals surface area (Å²) in [5, 5.41) is 4.49. The van der Waals surface area contributed by atoms with Crippen LogP contribution in [0.5, 0.6) is 5.75 Å². The molecule has 0 bridgehead atoms. The number of rotatable bonds is 7. The molecule has 1 aliphatic rings. The highest BCUT2D eigenvalue weighted by molar-refractivity contribution is 14.1. The van der Waals surface area contributed by atoms with Gasteiger partial charge in [0.2, 0.25) is 0 Å². The summed E-state index contributed by atoms with van der Waals surface area (Å²) in [4.78, 5) is 19.5. The van der Waals surface area contributed by atoms with Crippen LogP contribution in [0, 0.1) is 3.57 Å². The number of anilines is 1. The molecule has 0 radical (unpaired) electrons. The molecule has 0 saturated heterocycles. The second kappa shape index (κ2) is 12.1. The lowest BCUT2D eigenvalue weighted by Gasteiger charge is -2.13. The Bertz CT molecular complexity index is 1460. The molecule has 0 fully saturated rings. The number of aliphatic imine (C=N–C) groups is 1. The van der Waals surface area contributed by atoms with Gasteiger partial charge in [0.05, 0.1) is 9.13 Å². The van der Waals surface area contributed by atoms with Gasteiger partial charge in [-0.05, 0) is 95.8 Å². The summed E-state index contributed by atoms with van der Waals surface area (Å²) in [6.07, 6.45) is 5.93. The smallest absolute Gasteiger partial charge is 0.259 e. The molecular formula is C29H23BrClIN2O2S. The Balaban J connectivity index is 1.46. The van der Waals surface area contributed by atoms with Crippen molar-refractivity contribution in [3.63, 3.8) is 0 Å². The van der Waals surface area contributed by atoms with Gasteiger partial charge in [-0.25, -0.2) is 4.99 Å². The molecule has 188 valence electrons. The first kappa shape index (κ1) is 26.4. The van der Waals surface area contributed by atoms with Crippen LogP contribution in [0.1, 0.15) is 44.8 Å². The fourth-order valence-electron chi connectivity index (χ4n) is 4.28. The van der Waals surface area contributed by atoms with Crippen molar-refractivity contribution >= 4 is 84.3 Å². The van der Waals surface area contributed by atoms with E-state index in [1.165, 1.54) is 4.88 Å². The summed E-state index contributed by atoms with van der Waals surface area (Å²) in [6, 6.07) is 21.2. The number of benzene rings is 3. The van der Waals surface area contributed by atoms with Crippen molar-refractivity contribution in [2.24, 2.45) is 4.99 Å². The van der Waals surface area contributed by atoms with E-state index in [9.17, 15) is 4.79 Å². The zero-order chi connectivity index (χ0) is 25.8. The maximum Gasteiger partial charge on any atom is 0.259 e. The van der Waals surface area contributed by atoms with Gasteiger partial charge in [-0.3, -0.25) is 4.79 Å². The van der Waals surface area contributed by atoms with Crippen LogP contribution in [0.15, 0.2) is 76.2 Å². The number of nitrogens with one attached hydrogen (secondary N) is 1. The number of hydrogen-bond acceptors (Lipinski definition) is 4. The molecular weight excluding hydrogens is 683 g/mol. The number of fused-ring (bicyclic) bond motifs is 1. The topological polar surface area (TPSA) is 50.7 Å². The normalized spacial score (nSPS) is 12.9. The summed E-state index contributed by atoms with van der Waals surface area (Å²) in [6.45, 7) is 0.410. The number of amides is 1. The molecule has 1 N–H and O–H groups in total. The third kappa shape index (κ3) is 6.45. The van der Waals surface area contributed by atoms with Gasteiger partial charge in [0, 0.05) is 31.8 Å². The van der Waals surface area contributed by atoms with E-state index in [2.05, 4.69) is 43.8 Å². The van der Waals surface area contributed by atoms with Crippen molar-refractivity contribution in [1.29, 1.82) is 0 Å². The molecule has 1 aliphatic carbocycles. The summed E-state index contributed by atoms with van der Waals surface area (Å²) >= 11 is 13.5. The molecule has 4 aromatic rings. The number of nitrogens with zero attached hydrogens (tertiary/aromatic N) is 1. The van der Waals surface area contributed by atoms with E-state index in [-0.39, 0.29) is 5.91 Å². The average molecular weight is 706 g/mol. The molecule has 4 nitrogen and oxygen atoms in total. The monoisotopic (exact) mass is 704 g/mol. The van der Waals surface area contributed by atoms with Crippen LogP contribution in [0.2, 0.25) is 5.02 Å². The number of thiophene rings is 1. The van der Waals surface area contributed by atoms with Gasteiger partial charge in [-0.2, -0.15) is 0 Å². The fraction of sp³-hybridized carbons (Fsp3) is 0.172. The van der Waals surface area contributed by atoms with Crippen LogP contribution in [0.25, 0.3) is 0 Å². The molecule has 37 heavy (non-hydrogen) atoms. The van der Waals surface area contributed by atoms with Crippen molar-refractivity contribution < 1.29 is 9.53 Å². The highest BCUT2D eigenvalue weighted by Crippen LogP contribution is 2.40. The minimum absolute atomic E-state index is 0.110. The molecule has 0 aliphatic heterocycles. The van der Waals surface area contributed by atoms with Gasteiger partial charge in [0.15, 0.2) is 0 Å². The molecule has 0 unspecified atom stereocenters. The molecule has 3 aromatic carbocycles. The Labute approximate surface area is 247 Å². The predicted molar refractivity (Wildman–Crippen MR) is 165 cm³/mol. The van der Waals surface area contributed by atoms with Crippen molar-refractivity contribution in [3.8, 4) is 5.75 Å². The lowest BCUT2D eigenvalue weighted by atomic mass is 9.95. The van der Waals surface area contributed by atoms with Crippen LogP contribution in [0.4, 0.5) is 10.7 Å². The zero-order valence-corrected chi connectivity index (χ0v) is 25.1. The third-order valence-corrected chi connectivity index (χ3v) is 8.78. The van der Waals surface area contributed by atoms with Crippen LogP contribution in [-0.4, -0.2) is 12.1 Å². The van der Waals surface area contributed by atoms with Gasteiger partial charge in [0.25, 0.3) is 5.91 Å². The Morgan fingerprint density at radius 2 is 1.86 bits per heavy atom. The SMILES string of the molecule is O=C(Nc1ccccc1)c1c(N=Cc2cc(Br)cc(I)c2OCc2ccc(Cl)cc2)sc2c1CCCC2. The molecule has 1 amide bonds. The maximum atomic E-state index is 13.4. The van der Waals surface area contributed by atoms with E-state index in [1.807, 2.05) is 66.7 Å². The van der Waals surface area contributed by atoms with Gasteiger partial charge < -0.3 is 10.1 Å². The van der Waals surface area contributed by atoms with E-state index >= 15 is 0 Å². The Morgan fingerprint density at radius 1 is 1.11 bits per heavy atom. The van der Waals surface area contributed by atoms with Crippen LogP contribution in [0.3, 0.4) is 0 Å². The first-order valence-electron chi connectivity index (χ1n) is 11.9. The third-order valence-electron chi connectivity index (χ3n) is 6.07. The summed E-state index contributed by atoms with van der Waals surface area (Å²) < 4.78 is 8.14. The fourth-order valence-corrected chi connectivity index (χ4v) is 7.35. The van der Waals surface area contributed by atoms with Crippen LogP contribution >= 0.6 is 61.5 Å². The Kier molecular flexibility index (Phi) is 8.64. The van der Waals surface area contributed by atoms with E-state index in [4.69, 9.17) is 21.3 Å². The molecule has 0 atom stereocenters. The van der Waals surface area contributed by atoms with E-state index in [1.54, 1.807) is 17.6 Å². The zero-order valence-electron chi connectivity index (χ0n) is 19.8. The lowest BCUT2D eigenvalue weighted by molar-refractivity contribution is 0.102. The van der Waals surface area contributed by atoms with Crippen molar-refractivity contribution in [1.82, 2.24) is 0 Å². The quantitative estimate of drug-likeness (QED) is 0.154. The van der Waals surface area contributed by atoms with Crippen molar-refractivity contribution in [2.75, 3.05) is 5.32 Å². The van der Waals surface area contributed by atoms with Crippen molar-refractivity contribution in [2.45, 2.75) is 32.3 Å². The van der Waals surface area contributed by atoms with Gasteiger partial charge in [-0.1, -0.05) is 57.9 Å². The lowest BCUT2D eigenvalue weighted by Crippen LogP contribution is -2.14. The standard InChI is InChI=1S/C29H23BrClIN2O2S/c30-20-14-19(27(24(32)15-20)36-17-18-10-12-21(31)13-11-18)16-33-29-26(23-8-4-5-9-25(23)37-29)28(35)34-22-6-2-1-3-7-22/h1-3,6-7,10-16H,4-5,8-9,17H2,(H,34,35). The number of carbonyl (C=O) groups is 1. The van der Waals surface area contributed by atoms with E-state index < -0.39 is 0 Å². The largest absolute Gasteiger partial charge is 0.487 e. The molecule has 1 heterocycles. The molecule has 5 rings (SSSR count). The second-order valence-corrected chi connectivity index (χ2v) is 12.3. The molecule has 0 saturated carbocycles.